The molecule has 2 aliphatic rings. The van der Waals surface area contributed by atoms with Gasteiger partial charge in [-0.05, 0) is 26.3 Å². The van der Waals surface area contributed by atoms with E-state index >= 15 is 0 Å². The summed E-state index contributed by atoms with van der Waals surface area (Å²) < 4.78 is 47.1. The molecule has 10 heteroatoms. The fraction of sp³-hybridized carbons (Fsp3) is 0.400. The van der Waals surface area contributed by atoms with E-state index in [0.29, 0.717) is 59.9 Å². The summed E-state index contributed by atoms with van der Waals surface area (Å²) in [6, 6.07) is 4.95. The van der Waals surface area contributed by atoms with Crippen LogP contribution < -0.4 is 15.4 Å². The smallest absolute Gasteiger partial charge is 0.266 e. The number of piperidine rings is 1. The lowest BCUT2D eigenvalue weighted by Crippen LogP contribution is -2.43. The molecule has 1 saturated heterocycles. The van der Waals surface area contributed by atoms with Crippen LogP contribution >= 0.6 is 0 Å². The van der Waals surface area contributed by atoms with Gasteiger partial charge in [0.25, 0.3) is 6.43 Å². The van der Waals surface area contributed by atoms with Gasteiger partial charge in [0, 0.05) is 35.0 Å². The minimum atomic E-state index is -2.93. The Balaban J connectivity index is 1.63. The summed E-state index contributed by atoms with van der Waals surface area (Å²) in [4.78, 5) is 21.2. The molecule has 3 N–H and O–H groups in total. The summed E-state index contributed by atoms with van der Waals surface area (Å²) >= 11 is 0. The third kappa shape index (κ3) is 4.05. The molecule has 1 aromatic heterocycles. The van der Waals surface area contributed by atoms with Gasteiger partial charge >= 0.3 is 0 Å². The van der Waals surface area contributed by atoms with Crippen molar-refractivity contribution in [3.05, 3.63) is 58.2 Å². The number of hydrogen-bond donors (Lipinski definition) is 3. The average molecular weight is 486 g/mol. The molecule has 1 fully saturated rings. The first-order valence-corrected chi connectivity index (χ1v) is 11.5. The van der Waals surface area contributed by atoms with Crippen molar-refractivity contribution in [2.24, 2.45) is 0 Å². The van der Waals surface area contributed by atoms with Gasteiger partial charge in [-0.25, -0.2) is 23.1 Å². The van der Waals surface area contributed by atoms with Crippen LogP contribution in [-0.2, 0) is 16.8 Å². The molecule has 1 amide bonds. The third-order valence-electron chi connectivity index (χ3n) is 6.68. The van der Waals surface area contributed by atoms with Gasteiger partial charge in [-0.1, -0.05) is 18.2 Å². The molecule has 7 nitrogen and oxygen atoms in total. The number of nitrogens with zero attached hydrogens (tertiary/aromatic N) is 2. The number of alkyl halides is 2. The number of amides is 1. The highest BCUT2D eigenvalue weighted by Crippen LogP contribution is 2.45. The van der Waals surface area contributed by atoms with Crippen molar-refractivity contribution in [2.75, 3.05) is 18.5 Å². The van der Waals surface area contributed by atoms with Crippen molar-refractivity contribution in [1.29, 1.82) is 0 Å². The van der Waals surface area contributed by atoms with Crippen LogP contribution in [0.5, 0.6) is 5.75 Å². The number of ether oxygens (including phenoxy) is 1. The quantitative estimate of drug-likeness (QED) is 0.500. The van der Waals surface area contributed by atoms with Gasteiger partial charge in [-0.3, -0.25) is 4.79 Å². The lowest BCUT2D eigenvalue weighted by Gasteiger charge is -2.33. The summed E-state index contributed by atoms with van der Waals surface area (Å²) in [6.07, 6.45) is -2.15. The number of carbonyl (C=O) groups is 1. The van der Waals surface area contributed by atoms with Gasteiger partial charge in [0.2, 0.25) is 5.91 Å². The number of rotatable bonds is 5. The van der Waals surface area contributed by atoms with Gasteiger partial charge in [0.15, 0.2) is 0 Å². The number of aryl methyl sites for hydroxylation is 1. The zero-order chi connectivity index (χ0) is 24.9. The van der Waals surface area contributed by atoms with Crippen molar-refractivity contribution >= 4 is 22.6 Å². The number of anilines is 1. The predicted molar refractivity (Wildman–Crippen MR) is 123 cm³/mol. The van der Waals surface area contributed by atoms with Crippen molar-refractivity contribution < 1.29 is 27.8 Å². The minimum Gasteiger partial charge on any atom is -0.492 e. The monoisotopic (exact) mass is 486 g/mol. The second-order valence-electron chi connectivity index (χ2n) is 9.07. The third-order valence-corrected chi connectivity index (χ3v) is 6.68. The average Bonchev–Trinajstić information content (AvgIpc) is 3.28. The molecule has 0 saturated carbocycles. The molecule has 0 radical (unpaired) electrons. The van der Waals surface area contributed by atoms with E-state index < -0.39 is 29.4 Å². The molecular weight excluding hydrogens is 461 g/mol. The Hall–Kier alpha value is -3.40. The highest BCUT2D eigenvalue weighted by Gasteiger charge is 2.40. The molecule has 0 aliphatic carbocycles. The van der Waals surface area contributed by atoms with E-state index in [2.05, 4.69) is 20.6 Å². The van der Waals surface area contributed by atoms with Crippen LogP contribution in [0.25, 0.3) is 10.9 Å². The van der Waals surface area contributed by atoms with Crippen LogP contribution in [0.15, 0.2) is 24.3 Å². The fourth-order valence-corrected chi connectivity index (χ4v) is 4.94. The molecule has 3 aromatic rings. The van der Waals surface area contributed by atoms with Crippen molar-refractivity contribution in [2.45, 2.75) is 51.2 Å². The highest BCUT2D eigenvalue weighted by molar-refractivity contribution is 5.95. The Bertz CT molecular complexity index is 1330. The normalized spacial score (nSPS) is 20.5. The van der Waals surface area contributed by atoms with Crippen LogP contribution in [0, 0.1) is 12.7 Å². The number of halogens is 3. The van der Waals surface area contributed by atoms with E-state index in [1.165, 1.54) is 12.1 Å². The topological polar surface area (TPSA) is 96.4 Å². The molecule has 0 spiro atoms. The van der Waals surface area contributed by atoms with Gasteiger partial charge in [0.1, 0.15) is 28.8 Å². The van der Waals surface area contributed by atoms with Gasteiger partial charge in [-0.2, -0.15) is 0 Å². The Morgan fingerprint density at radius 3 is 2.77 bits per heavy atom. The summed E-state index contributed by atoms with van der Waals surface area (Å²) in [7, 11) is 0. The van der Waals surface area contributed by atoms with Gasteiger partial charge in [0.05, 0.1) is 30.1 Å². The predicted octanol–water partition coefficient (Wildman–Crippen LogP) is 4.22. The molecular formula is C25H25F3N4O3. The second kappa shape index (κ2) is 8.67. The number of aromatic nitrogens is 2. The van der Waals surface area contributed by atoms with Crippen LogP contribution in [0.3, 0.4) is 0 Å². The summed E-state index contributed by atoms with van der Waals surface area (Å²) in [5.41, 5.74) is -0.0647. The van der Waals surface area contributed by atoms with Crippen LogP contribution in [-0.4, -0.2) is 34.1 Å². The summed E-state index contributed by atoms with van der Waals surface area (Å²) in [5, 5.41) is 17.9. The minimum absolute atomic E-state index is 0.0829. The van der Waals surface area contributed by atoms with Gasteiger partial charge < -0.3 is 20.5 Å². The van der Waals surface area contributed by atoms with E-state index in [1.54, 1.807) is 19.9 Å². The van der Waals surface area contributed by atoms with Crippen molar-refractivity contribution in [3.63, 3.8) is 0 Å². The maximum absolute atomic E-state index is 14.8. The standard InChI is InChI=1S/C25H25F3N4O3/c1-12(14-4-3-5-15(20(14)26)23(27)28)30-24-17-10-18(25(34)7-8-29-19(33)11-25)22-16(6-9-35-22)21(17)31-13(2)32-24/h3-5,10,12,23,34H,6-9,11H2,1-2H3,(H,29,33)(H,30,31,32)/t12-,25+/m1/s1. The van der Waals surface area contributed by atoms with E-state index in [0.717, 1.165) is 11.6 Å². The van der Waals surface area contributed by atoms with Crippen molar-refractivity contribution in [3.8, 4) is 5.75 Å². The van der Waals surface area contributed by atoms with Gasteiger partial charge in [-0.15, -0.1) is 0 Å². The molecule has 5 rings (SSSR count). The number of carbonyl (C=O) groups excluding carboxylic acids is 1. The van der Waals surface area contributed by atoms with Crippen LogP contribution in [0.2, 0.25) is 0 Å². The number of nitrogens with one attached hydrogen (secondary N) is 2. The molecule has 184 valence electrons. The zero-order valence-electron chi connectivity index (χ0n) is 19.3. The molecule has 0 unspecified atom stereocenters. The number of benzene rings is 2. The zero-order valence-corrected chi connectivity index (χ0v) is 19.3. The Morgan fingerprint density at radius 1 is 1.26 bits per heavy atom. The molecule has 2 aromatic carbocycles. The first-order chi connectivity index (χ1) is 16.7. The molecule has 35 heavy (non-hydrogen) atoms. The van der Waals surface area contributed by atoms with Crippen LogP contribution in [0.1, 0.15) is 60.3 Å². The Kier molecular flexibility index (Phi) is 5.79. The SMILES string of the molecule is Cc1nc(N[C@H](C)c2cccc(C(F)F)c2F)c2cc([C@]3(O)CCNC(=O)C3)c3c(c2n1)CCO3. The molecule has 2 aliphatic heterocycles. The molecule has 3 heterocycles. The first-order valence-electron chi connectivity index (χ1n) is 11.5. The number of hydrogen-bond acceptors (Lipinski definition) is 6. The number of aliphatic hydroxyl groups is 1. The van der Waals surface area contributed by atoms with E-state index in [1.807, 2.05) is 0 Å². The fourth-order valence-electron chi connectivity index (χ4n) is 4.94. The first kappa shape index (κ1) is 23.3. The van der Waals surface area contributed by atoms with E-state index in [9.17, 15) is 23.1 Å². The lowest BCUT2D eigenvalue weighted by molar-refractivity contribution is -0.130. The lowest BCUT2D eigenvalue weighted by atomic mass is 9.82. The largest absolute Gasteiger partial charge is 0.492 e. The van der Waals surface area contributed by atoms with E-state index in [4.69, 9.17) is 4.74 Å². The Labute approximate surface area is 199 Å². The second-order valence-corrected chi connectivity index (χ2v) is 9.07. The van der Waals surface area contributed by atoms with E-state index in [-0.39, 0.29) is 17.9 Å². The highest BCUT2D eigenvalue weighted by atomic mass is 19.3. The van der Waals surface area contributed by atoms with Crippen molar-refractivity contribution in [1.82, 2.24) is 15.3 Å². The maximum atomic E-state index is 14.8. The summed E-state index contributed by atoms with van der Waals surface area (Å²) in [5.74, 6) is 0.151. The number of fused-ring (bicyclic) bond motifs is 3. The molecule has 0 bridgehead atoms. The maximum Gasteiger partial charge on any atom is 0.266 e. The Morgan fingerprint density at radius 2 is 2.03 bits per heavy atom. The van der Waals surface area contributed by atoms with Crippen LogP contribution in [0.4, 0.5) is 19.0 Å². The molecule has 2 atom stereocenters. The summed E-state index contributed by atoms with van der Waals surface area (Å²) in [6.45, 7) is 4.13.